The van der Waals surface area contributed by atoms with Gasteiger partial charge in [-0.2, -0.15) is 0 Å². The van der Waals surface area contributed by atoms with Crippen molar-refractivity contribution in [3.8, 4) is 5.69 Å². The molecule has 0 fully saturated rings. The molecule has 0 radical (unpaired) electrons. The molecule has 0 aliphatic carbocycles. The van der Waals surface area contributed by atoms with Crippen molar-refractivity contribution in [3.63, 3.8) is 0 Å². The van der Waals surface area contributed by atoms with Gasteiger partial charge in [0.2, 0.25) is 5.65 Å². The van der Waals surface area contributed by atoms with E-state index in [-0.39, 0.29) is 5.65 Å². The summed E-state index contributed by atoms with van der Waals surface area (Å²) in [6, 6.07) is 3.53. The first-order valence-corrected chi connectivity index (χ1v) is 6.81. The molecule has 3 rings (SSSR count). The fourth-order valence-electron chi connectivity index (χ4n) is 2.00. The van der Waals surface area contributed by atoms with Crippen LogP contribution in [0, 0.1) is 6.92 Å². The topological polar surface area (TPSA) is 72.2 Å². The minimum absolute atomic E-state index is 0.0379. The predicted molar refractivity (Wildman–Crippen MR) is 78.9 cm³/mol. The third-order valence-electron chi connectivity index (χ3n) is 3.05. The summed E-state index contributed by atoms with van der Waals surface area (Å²) in [4.78, 5) is 23.8. The number of H-pyrrole nitrogens is 1. The molecule has 1 N–H and O–H groups in total. The average molecular weight is 356 g/mol. The SMILES string of the molecule is Cc1c(-n2ccn3c(=O)[nH]nc3c2=O)ccc(Br)c1Cl. The van der Waals surface area contributed by atoms with Crippen LogP contribution in [0.4, 0.5) is 0 Å². The van der Waals surface area contributed by atoms with E-state index in [1.807, 2.05) is 6.92 Å². The molecular weight excluding hydrogens is 348 g/mol. The number of fused-ring (bicyclic) bond motifs is 1. The lowest BCUT2D eigenvalue weighted by molar-refractivity contribution is 0.932. The molecule has 0 aliphatic rings. The van der Waals surface area contributed by atoms with Gasteiger partial charge in [0, 0.05) is 16.9 Å². The van der Waals surface area contributed by atoms with E-state index in [4.69, 9.17) is 11.6 Å². The smallest absolute Gasteiger partial charge is 0.279 e. The van der Waals surface area contributed by atoms with Crippen molar-refractivity contribution in [2.24, 2.45) is 0 Å². The number of hydrogen-bond donors (Lipinski definition) is 1. The second-order valence-corrected chi connectivity index (χ2v) is 5.43. The van der Waals surface area contributed by atoms with Gasteiger partial charge in [0.05, 0.1) is 10.7 Å². The van der Waals surface area contributed by atoms with Crippen molar-refractivity contribution in [3.05, 3.63) is 60.4 Å². The van der Waals surface area contributed by atoms with Crippen LogP contribution in [-0.2, 0) is 0 Å². The largest absolute Gasteiger partial charge is 0.347 e. The summed E-state index contributed by atoms with van der Waals surface area (Å²) in [5.74, 6) is 0. The lowest BCUT2D eigenvalue weighted by Gasteiger charge is -2.11. The Bertz CT molecular complexity index is 941. The average Bonchev–Trinajstić information content (AvgIpc) is 2.80. The Hall–Kier alpha value is -1.86. The van der Waals surface area contributed by atoms with Gasteiger partial charge in [-0.15, -0.1) is 5.10 Å². The van der Waals surface area contributed by atoms with Gasteiger partial charge in [0.1, 0.15) is 0 Å². The van der Waals surface area contributed by atoms with Crippen LogP contribution in [0.3, 0.4) is 0 Å². The Morgan fingerprint density at radius 1 is 1.30 bits per heavy atom. The van der Waals surface area contributed by atoms with E-state index < -0.39 is 11.2 Å². The number of aromatic amines is 1. The number of rotatable bonds is 1. The molecule has 2 aromatic heterocycles. The van der Waals surface area contributed by atoms with Gasteiger partial charge >= 0.3 is 11.2 Å². The summed E-state index contributed by atoms with van der Waals surface area (Å²) in [6.45, 7) is 1.82. The van der Waals surface area contributed by atoms with Crippen LogP contribution in [0.25, 0.3) is 11.3 Å². The molecule has 1 aromatic carbocycles. The number of halogens is 2. The normalized spacial score (nSPS) is 11.2. The number of aromatic nitrogens is 4. The lowest BCUT2D eigenvalue weighted by atomic mass is 10.2. The van der Waals surface area contributed by atoms with Crippen LogP contribution in [0.2, 0.25) is 5.02 Å². The molecule has 6 nitrogen and oxygen atoms in total. The molecule has 2 heterocycles. The molecule has 0 saturated carbocycles. The maximum Gasteiger partial charge on any atom is 0.347 e. The fraction of sp³-hybridized carbons (Fsp3) is 0.0833. The van der Waals surface area contributed by atoms with Gasteiger partial charge in [-0.3, -0.25) is 9.36 Å². The third kappa shape index (κ3) is 1.82. The van der Waals surface area contributed by atoms with E-state index in [0.717, 1.165) is 14.4 Å². The Morgan fingerprint density at radius 3 is 2.80 bits per heavy atom. The van der Waals surface area contributed by atoms with Gasteiger partial charge in [-0.1, -0.05) is 11.6 Å². The molecule has 0 saturated heterocycles. The summed E-state index contributed by atoms with van der Waals surface area (Å²) in [5.41, 5.74) is 0.588. The monoisotopic (exact) mass is 354 g/mol. The number of nitrogens with one attached hydrogen (secondary N) is 1. The van der Waals surface area contributed by atoms with Crippen LogP contribution in [0.15, 0.2) is 38.6 Å². The molecule has 0 unspecified atom stereocenters. The van der Waals surface area contributed by atoms with Crippen molar-refractivity contribution in [1.82, 2.24) is 19.2 Å². The zero-order chi connectivity index (χ0) is 14.4. The van der Waals surface area contributed by atoms with Gasteiger partial charge < -0.3 is 0 Å². The first-order chi connectivity index (χ1) is 9.50. The fourth-order valence-corrected chi connectivity index (χ4v) is 2.58. The standard InChI is InChI=1S/C12H8BrClN4O2/c1-6-8(3-2-7(13)9(6)14)17-4-5-18-10(11(17)19)15-16-12(18)20/h2-5H,1H3,(H,16,20). The molecule has 0 atom stereocenters. The van der Waals surface area contributed by atoms with E-state index in [9.17, 15) is 9.59 Å². The number of benzene rings is 1. The van der Waals surface area contributed by atoms with Gasteiger partial charge in [-0.05, 0) is 40.5 Å². The van der Waals surface area contributed by atoms with Crippen LogP contribution in [0.5, 0.6) is 0 Å². The minimum atomic E-state index is -0.449. The van der Waals surface area contributed by atoms with Crippen LogP contribution in [-0.4, -0.2) is 19.2 Å². The summed E-state index contributed by atoms with van der Waals surface area (Å²) in [6.07, 6.45) is 3.00. The zero-order valence-electron chi connectivity index (χ0n) is 10.2. The van der Waals surface area contributed by atoms with Crippen LogP contribution >= 0.6 is 27.5 Å². The molecule has 0 amide bonds. The van der Waals surface area contributed by atoms with Crippen molar-refractivity contribution in [2.45, 2.75) is 6.92 Å². The van der Waals surface area contributed by atoms with Crippen LogP contribution < -0.4 is 11.2 Å². The highest BCUT2D eigenvalue weighted by atomic mass is 79.9. The third-order valence-corrected chi connectivity index (χ3v) is 4.43. The quantitative estimate of drug-likeness (QED) is 0.724. The van der Waals surface area contributed by atoms with E-state index >= 15 is 0 Å². The summed E-state index contributed by atoms with van der Waals surface area (Å²) in [5, 5.41) is 6.50. The summed E-state index contributed by atoms with van der Waals surface area (Å²) in [7, 11) is 0. The molecular formula is C12H8BrClN4O2. The Kier molecular flexibility index (Phi) is 3.02. The van der Waals surface area contributed by atoms with Crippen molar-refractivity contribution < 1.29 is 0 Å². The first kappa shape index (κ1) is 13.1. The predicted octanol–water partition coefficient (Wildman–Crippen LogP) is 1.90. The van der Waals surface area contributed by atoms with E-state index in [2.05, 4.69) is 26.1 Å². The molecule has 8 heteroatoms. The van der Waals surface area contributed by atoms with E-state index in [1.165, 1.54) is 17.0 Å². The van der Waals surface area contributed by atoms with Gasteiger partial charge in [-0.25, -0.2) is 14.3 Å². The van der Waals surface area contributed by atoms with Crippen molar-refractivity contribution in [2.75, 3.05) is 0 Å². The highest BCUT2D eigenvalue weighted by Crippen LogP contribution is 2.29. The maximum absolute atomic E-state index is 12.4. The van der Waals surface area contributed by atoms with Gasteiger partial charge in [0.25, 0.3) is 0 Å². The molecule has 0 bridgehead atoms. The summed E-state index contributed by atoms with van der Waals surface area (Å²) < 4.78 is 3.32. The molecule has 0 spiro atoms. The summed E-state index contributed by atoms with van der Waals surface area (Å²) >= 11 is 9.50. The zero-order valence-corrected chi connectivity index (χ0v) is 12.6. The Balaban J connectivity index is 2.36. The molecule has 3 aromatic rings. The molecule has 102 valence electrons. The maximum atomic E-state index is 12.4. The highest BCUT2D eigenvalue weighted by Gasteiger charge is 2.12. The second-order valence-electron chi connectivity index (χ2n) is 4.20. The first-order valence-electron chi connectivity index (χ1n) is 5.64. The van der Waals surface area contributed by atoms with E-state index in [1.54, 1.807) is 12.1 Å². The number of hydrogen-bond acceptors (Lipinski definition) is 3. The van der Waals surface area contributed by atoms with Crippen molar-refractivity contribution in [1.29, 1.82) is 0 Å². The Morgan fingerprint density at radius 2 is 2.05 bits per heavy atom. The highest BCUT2D eigenvalue weighted by molar-refractivity contribution is 9.10. The molecule has 0 aliphatic heterocycles. The van der Waals surface area contributed by atoms with E-state index in [0.29, 0.717) is 10.7 Å². The van der Waals surface area contributed by atoms with Gasteiger partial charge in [0.15, 0.2) is 0 Å². The molecule has 20 heavy (non-hydrogen) atoms. The number of nitrogens with zero attached hydrogens (tertiary/aromatic N) is 3. The van der Waals surface area contributed by atoms with Crippen molar-refractivity contribution >= 4 is 33.2 Å². The van der Waals surface area contributed by atoms with Crippen LogP contribution in [0.1, 0.15) is 5.56 Å². The Labute approximate surface area is 125 Å². The minimum Gasteiger partial charge on any atom is -0.279 e. The second kappa shape index (κ2) is 4.60. The lowest BCUT2D eigenvalue weighted by Crippen LogP contribution is -2.23.